The highest BCUT2D eigenvalue weighted by Gasteiger charge is 2.34. The summed E-state index contributed by atoms with van der Waals surface area (Å²) in [7, 11) is 0. The largest absolute Gasteiger partial charge is 0.356 e. The van der Waals surface area contributed by atoms with Crippen LogP contribution in [0.5, 0.6) is 0 Å². The number of hydrogen-bond donors (Lipinski definition) is 2. The molecule has 2 N–H and O–H groups in total. The molecule has 1 aromatic heterocycles. The minimum atomic E-state index is -0.162. The van der Waals surface area contributed by atoms with Gasteiger partial charge in [-0.1, -0.05) is 48.1 Å². The van der Waals surface area contributed by atoms with Crippen LogP contribution in [0.2, 0.25) is 5.02 Å². The summed E-state index contributed by atoms with van der Waals surface area (Å²) in [5.74, 6) is 0.502. The molecule has 2 aliphatic rings. The molecule has 0 aliphatic carbocycles. The quantitative estimate of drug-likeness (QED) is 0.686. The van der Waals surface area contributed by atoms with Crippen LogP contribution in [-0.4, -0.2) is 69.7 Å². The molecule has 0 radical (unpaired) electrons. The molecule has 31 heavy (non-hydrogen) atoms. The summed E-state index contributed by atoms with van der Waals surface area (Å²) >= 11 is 12.2. The number of nitrogens with one attached hydrogen (secondary N) is 2. The average molecular weight is 457 g/mol. The molecule has 6 nitrogen and oxygen atoms in total. The van der Waals surface area contributed by atoms with Gasteiger partial charge in [0.2, 0.25) is 0 Å². The summed E-state index contributed by atoms with van der Waals surface area (Å²) in [6, 6.07) is 8.72. The molecule has 1 aromatic carbocycles. The maximum Gasteiger partial charge on any atom is 0.139 e. The molecule has 2 fully saturated rings. The van der Waals surface area contributed by atoms with Crippen LogP contribution in [0, 0.1) is 19.3 Å². The lowest BCUT2D eigenvalue weighted by atomic mass is 9.99. The van der Waals surface area contributed by atoms with Gasteiger partial charge in [-0.15, -0.1) is 0 Å². The first-order valence-corrected chi connectivity index (χ1v) is 11.6. The Kier molecular flexibility index (Phi) is 6.67. The Balaban J connectivity index is 1.56. The minimum absolute atomic E-state index is 0.162. The maximum atomic E-state index is 8.59. The Morgan fingerprint density at radius 3 is 2.52 bits per heavy atom. The molecule has 0 spiro atoms. The number of rotatable bonds is 4. The number of likely N-dealkylation sites (tertiary alicyclic amines) is 1. The van der Waals surface area contributed by atoms with Crippen molar-refractivity contribution in [2.24, 2.45) is 0 Å². The molecule has 0 bridgehead atoms. The molecule has 0 saturated carbocycles. The summed E-state index contributed by atoms with van der Waals surface area (Å²) in [5, 5.41) is 12.6. The van der Waals surface area contributed by atoms with E-state index in [4.69, 9.17) is 29.2 Å². The standard InChI is InChI=1S/C23H29ClN6S/c1-14-21(24)15(2)28-22(27-14)19-12-30(13-20(19)25)23(31)18-7-5-4-6-17(18)16(3)29-10-8-26-9-11-29/h4-7,16,19,25-26H,8-13H2,1-3H3. The second-order valence-electron chi connectivity index (χ2n) is 8.38. The van der Waals surface area contributed by atoms with Crippen LogP contribution in [0.25, 0.3) is 0 Å². The number of halogens is 1. The number of nitrogens with zero attached hydrogens (tertiary/aromatic N) is 4. The Morgan fingerprint density at radius 2 is 1.84 bits per heavy atom. The lowest BCUT2D eigenvalue weighted by molar-refractivity contribution is 0.185. The van der Waals surface area contributed by atoms with E-state index in [1.807, 2.05) is 19.9 Å². The van der Waals surface area contributed by atoms with E-state index in [1.54, 1.807) is 0 Å². The highest BCUT2D eigenvalue weighted by atomic mass is 35.5. The summed E-state index contributed by atoms with van der Waals surface area (Å²) in [6.45, 7) is 11.2. The second-order valence-corrected chi connectivity index (χ2v) is 9.14. The molecule has 8 heteroatoms. The number of thiocarbonyl (C=S) groups is 1. The summed E-state index contributed by atoms with van der Waals surface area (Å²) in [6.07, 6.45) is 0. The first-order chi connectivity index (χ1) is 14.9. The molecule has 3 heterocycles. The van der Waals surface area contributed by atoms with Crippen molar-refractivity contribution < 1.29 is 0 Å². The van der Waals surface area contributed by atoms with E-state index in [2.05, 4.69) is 50.2 Å². The van der Waals surface area contributed by atoms with E-state index >= 15 is 0 Å². The molecule has 164 valence electrons. The highest BCUT2D eigenvalue weighted by Crippen LogP contribution is 2.30. The van der Waals surface area contributed by atoms with E-state index in [-0.39, 0.29) is 5.92 Å². The van der Waals surface area contributed by atoms with Crippen molar-refractivity contribution >= 4 is 34.5 Å². The maximum absolute atomic E-state index is 8.59. The van der Waals surface area contributed by atoms with Crippen LogP contribution in [0.1, 0.15) is 47.2 Å². The first kappa shape index (κ1) is 22.3. The molecule has 2 unspecified atom stereocenters. The zero-order valence-corrected chi connectivity index (χ0v) is 19.9. The van der Waals surface area contributed by atoms with Gasteiger partial charge in [0.1, 0.15) is 10.8 Å². The first-order valence-electron chi connectivity index (χ1n) is 10.8. The number of benzene rings is 1. The van der Waals surface area contributed by atoms with Gasteiger partial charge in [0.15, 0.2) is 0 Å². The Morgan fingerprint density at radius 1 is 1.19 bits per heavy atom. The predicted octanol–water partition coefficient (Wildman–Crippen LogP) is 3.51. The van der Waals surface area contributed by atoms with Crippen LogP contribution in [0.3, 0.4) is 0 Å². The minimum Gasteiger partial charge on any atom is -0.356 e. The van der Waals surface area contributed by atoms with Gasteiger partial charge in [0.25, 0.3) is 0 Å². The zero-order valence-electron chi connectivity index (χ0n) is 18.3. The number of hydrogen-bond acceptors (Lipinski definition) is 6. The van der Waals surface area contributed by atoms with E-state index in [1.165, 1.54) is 5.56 Å². The summed E-state index contributed by atoms with van der Waals surface area (Å²) in [5.41, 5.74) is 4.44. The van der Waals surface area contributed by atoms with Gasteiger partial charge >= 0.3 is 0 Å². The smallest absolute Gasteiger partial charge is 0.139 e. The van der Waals surface area contributed by atoms with Crippen LogP contribution >= 0.6 is 23.8 Å². The molecule has 2 atom stereocenters. The summed E-state index contributed by atoms with van der Waals surface area (Å²) in [4.78, 5) is 14.6. The fraction of sp³-hybridized carbons (Fsp3) is 0.478. The van der Waals surface area contributed by atoms with Crippen molar-refractivity contribution in [3.63, 3.8) is 0 Å². The molecule has 2 saturated heterocycles. The van der Waals surface area contributed by atoms with Crippen molar-refractivity contribution in [3.05, 3.63) is 57.6 Å². The molecular formula is C23H29ClN6S. The van der Waals surface area contributed by atoms with Crippen LogP contribution in [0.15, 0.2) is 24.3 Å². The van der Waals surface area contributed by atoms with Crippen molar-refractivity contribution in [2.75, 3.05) is 39.3 Å². The number of piperazine rings is 1. The Hall–Kier alpha value is -1.93. The normalized spacial score (nSPS) is 20.8. The molecular weight excluding hydrogens is 428 g/mol. The van der Waals surface area contributed by atoms with E-state index in [0.717, 1.165) is 48.1 Å². The Bertz CT molecular complexity index is 980. The number of aryl methyl sites for hydroxylation is 2. The lowest BCUT2D eigenvalue weighted by Gasteiger charge is -2.34. The third kappa shape index (κ3) is 4.51. The van der Waals surface area contributed by atoms with E-state index in [9.17, 15) is 0 Å². The molecule has 2 aliphatic heterocycles. The highest BCUT2D eigenvalue weighted by molar-refractivity contribution is 7.80. The van der Waals surface area contributed by atoms with Crippen molar-refractivity contribution in [2.45, 2.75) is 32.7 Å². The third-order valence-electron chi connectivity index (χ3n) is 6.32. The van der Waals surface area contributed by atoms with Crippen molar-refractivity contribution in [3.8, 4) is 0 Å². The Labute approximate surface area is 194 Å². The molecule has 0 amide bonds. The van der Waals surface area contributed by atoms with Crippen LogP contribution < -0.4 is 5.32 Å². The van der Waals surface area contributed by atoms with E-state index in [0.29, 0.717) is 35.7 Å². The fourth-order valence-electron chi connectivity index (χ4n) is 4.48. The SMILES string of the molecule is Cc1nc(C2CN(C(=S)c3ccccc3C(C)N3CCNCC3)CC2=N)nc(C)c1Cl. The van der Waals surface area contributed by atoms with Gasteiger partial charge in [0.05, 0.1) is 28.9 Å². The van der Waals surface area contributed by atoms with Gasteiger partial charge in [-0.2, -0.15) is 0 Å². The zero-order chi connectivity index (χ0) is 22.1. The van der Waals surface area contributed by atoms with Gasteiger partial charge in [-0.25, -0.2) is 9.97 Å². The molecule has 2 aromatic rings. The monoisotopic (exact) mass is 456 g/mol. The van der Waals surface area contributed by atoms with E-state index < -0.39 is 0 Å². The van der Waals surface area contributed by atoms with Crippen LogP contribution in [-0.2, 0) is 0 Å². The number of aromatic nitrogens is 2. The van der Waals surface area contributed by atoms with Crippen LogP contribution in [0.4, 0.5) is 0 Å². The lowest BCUT2D eigenvalue weighted by Crippen LogP contribution is -2.44. The second kappa shape index (κ2) is 9.28. The average Bonchev–Trinajstić information content (AvgIpc) is 3.18. The predicted molar refractivity (Wildman–Crippen MR) is 130 cm³/mol. The van der Waals surface area contributed by atoms with Gasteiger partial charge in [-0.05, 0) is 26.3 Å². The third-order valence-corrected chi connectivity index (χ3v) is 7.35. The fourth-order valence-corrected chi connectivity index (χ4v) is 4.89. The summed E-state index contributed by atoms with van der Waals surface area (Å²) < 4.78 is 0. The van der Waals surface area contributed by atoms with Gasteiger partial charge in [-0.3, -0.25) is 4.90 Å². The topological polar surface area (TPSA) is 68.1 Å². The van der Waals surface area contributed by atoms with Gasteiger partial charge in [0, 0.05) is 50.0 Å². The van der Waals surface area contributed by atoms with Crippen molar-refractivity contribution in [1.29, 1.82) is 5.41 Å². The molecule has 4 rings (SSSR count). The van der Waals surface area contributed by atoms with Gasteiger partial charge < -0.3 is 15.6 Å². The van der Waals surface area contributed by atoms with Crippen molar-refractivity contribution in [1.82, 2.24) is 25.1 Å².